The second kappa shape index (κ2) is 14.7. The lowest BCUT2D eigenvalue weighted by atomic mass is 9.87. The van der Waals surface area contributed by atoms with Gasteiger partial charge in [0, 0.05) is 21.9 Å². The zero-order chi connectivity index (χ0) is 39.2. The number of para-hydroxylation sites is 1. The molecule has 0 bridgehead atoms. The van der Waals surface area contributed by atoms with Crippen LogP contribution >= 0.6 is 0 Å². The number of benzene rings is 8. The highest BCUT2D eigenvalue weighted by molar-refractivity contribution is 6.26. The molecule has 10 aromatic rings. The molecule has 0 unspecified atom stereocenters. The Bertz CT molecular complexity index is 3120. The topological polar surface area (TPSA) is 30.7 Å². The summed E-state index contributed by atoms with van der Waals surface area (Å²) in [5.74, 6) is 0.827. The molecule has 0 radical (unpaired) electrons. The van der Waals surface area contributed by atoms with Crippen molar-refractivity contribution in [2.24, 2.45) is 0 Å². The van der Waals surface area contributed by atoms with E-state index in [1.54, 1.807) is 0 Å². The number of nitrogens with zero attached hydrogens (tertiary/aromatic N) is 3. The van der Waals surface area contributed by atoms with Crippen LogP contribution in [0.1, 0.15) is 36.2 Å². The third-order valence-corrected chi connectivity index (χ3v) is 11.4. The maximum atomic E-state index is 5.58. The first-order chi connectivity index (χ1) is 28.0. The highest BCUT2D eigenvalue weighted by atomic mass is 15.1. The lowest BCUT2D eigenvalue weighted by molar-refractivity contribution is 1.01. The van der Waals surface area contributed by atoms with E-state index in [1.165, 1.54) is 71.3 Å². The fourth-order valence-corrected chi connectivity index (χ4v) is 8.70. The molecule has 0 N–H and O–H groups in total. The van der Waals surface area contributed by atoms with E-state index in [-0.39, 0.29) is 0 Å². The molecule has 0 amide bonds. The molecule has 0 aliphatic heterocycles. The van der Waals surface area contributed by atoms with E-state index in [0.29, 0.717) is 0 Å². The second-order valence-electron chi connectivity index (χ2n) is 14.7. The van der Waals surface area contributed by atoms with Crippen LogP contribution in [-0.4, -0.2) is 14.5 Å². The molecule has 2 aromatic heterocycles. The van der Waals surface area contributed by atoms with Crippen LogP contribution in [0.4, 0.5) is 0 Å². The van der Waals surface area contributed by atoms with Gasteiger partial charge in [0.05, 0.1) is 22.4 Å². The van der Waals surface area contributed by atoms with Crippen molar-refractivity contribution in [2.75, 3.05) is 0 Å². The summed E-state index contributed by atoms with van der Waals surface area (Å²) < 4.78 is 2.40. The largest absolute Gasteiger partial charge is 0.292 e. The van der Waals surface area contributed by atoms with E-state index in [9.17, 15) is 0 Å². The molecular formula is C54H45N3. The predicted molar refractivity (Wildman–Crippen MR) is 243 cm³/mol. The summed E-state index contributed by atoms with van der Waals surface area (Å²) in [5, 5.41) is 7.41. The highest BCUT2D eigenvalue weighted by Gasteiger charge is 2.26. The standard InChI is InChI=1S/C52H39N3.C2H6/c1-32-16-8-11-21-41(32)49-35(4)53-52(50(54-49)38-28-26-37(27-29-38)36-17-6-5-7-18-36)55-46-25-15-14-24-44(46)48-43-23-13-12-22-42(43)47(34(3)51(48)55)45-31-40-20-10-9-19-39(40)30-33(45)2;1-2/h5-31H,1-4H3;1-2H3. The predicted octanol–water partition coefficient (Wildman–Crippen LogP) is 14.8. The second-order valence-corrected chi connectivity index (χ2v) is 14.7. The normalized spacial score (nSPS) is 11.3. The van der Waals surface area contributed by atoms with E-state index in [4.69, 9.17) is 9.97 Å². The molecule has 0 saturated carbocycles. The molecule has 0 atom stereocenters. The zero-order valence-electron chi connectivity index (χ0n) is 33.4. The van der Waals surface area contributed by atoms with Gasteiger partial charge in [-0.3, -0.25) is 4.57 Å². The maximum Gasteiger partial charge on any atom is 0.164 e. The van der Waals surface area contributed by atoms with Crippen LogP contribution in [0.15, 0.2) is 164 Å². The Kier molecular flexibility index (Phi) is 9.22. The molecule has 10 rings (SSSR count). The number of hydrogen-bond acceptors (Lipinski definition) is 2. The Morgan fingerprint density at radius 2 is 1.02 bits per heavy atom. The van der Waals surface area contributed by atoms with E-state index >= 15 is 0 Å². The molecule has 8 aromatic carbocycles. The summed E-state index contributed by atoms with van der Waals surface area (Å²) >= 11 is 0. The fraction of sp³-hybridized carbons (Fsp3) is 0.111. The number of aromatic nitrogens is 3. The Hall–Kier alpha value is -6.84. The van der Waals surface area contributed by atoms with Crippen molar-refractivity contribution in [3.05, 3.63) is 186 Å². The van der Waals surface area contributed by atoms with Crippen molar-refractivity contribution >= 4 is 43.4 Å². The van der Waals surface area contributed by atoms with E-state index in [2.05, 4.69) is 196 Å². The van der Waals surface area contributed by atoms with Gasteiger partial charge in [-0.1, -0.05) is 166 Å². The first-order valence-electron chi connectivity index (χ1n) is 20.0. The van der Waals surface area contributed by atoms with Crippen molar-refractivity contribution in [1.82, 2.24) is 14.5 Å². The lowest BCUT2D eigenvalue weighted by Crippen LogP contribution is -2.07. The van der Waals surface area contributed by atoms with Crippen molar-refractivity contribution in [3.8, 4) is 50.6 Å². The van der Waals surface area contributed by atoms with Crippen LogP contribution in [0.3, 0.4) is 0 Å². The maximum absolute atomic E-state index is 5.58. The fourth-order valence-electron chi connectivity index (χ4n) is 8.70. The number of hydrogen-bond donors (Lipinski definition) is 0. The van der Waals surface area contributed by atoms with Gasteiger partial charge in [0.2, 0.25) is 0 Å². The minimum atomic E-state index is 0.827. The molecule has 276 valence electrons. The van der Waals surface area contributed by atoms with Gasteiger partial charge in [-0.2, -0.15) is 0 Å². The molecule has 3 nitrogen and oxygen atoms in total. The van der Waals surface area contributed by atoms with Gasteiger partial charge in [-0.15, -0.1) is 0 Å². The first-order valence-corrected chi connectivity index (χ1v) is 20.0. The molecule has 0 aliphatic rings. The minimum Gasteiger partial charge on any atom is -0.292 e. The number of rotatable bonds is 5. The number of fused-ring (bicyclic) bond motifs is 6. The van der Waals surface area contributed by atoms with Crippen molar-refractivity contribution in [3.63, 3.8) is 0 Å². The van der Waals surface area contributed by atoms with Gasteiger partial charge in [0.15, 0.2) is 5.82 Å². The molecular weight excluding hydrogens is 691 g/mol. The Morgan fingerprint density at radius 1 is 0.439 bits per heavy atom. The summed E-state index contributed by atoms with van der Waals surface area (Å²) in [6.45, 7) is 12.8. The Labute approximate surface area is 334 Å². The van der Waals surface area contributed by atoms with Crippen molar-refractivity contribution in [1.29, 1.82) is 0 Å². The molecule has 2 heterocycles. The Balaban J connectivity index is 0.00000208. The van der Waals surface area contributed by atoms with Crippen molar-refractivity contribution in [2.45, 2.75) is 41.5 Å². The third kappa shape index (κ3) is 5.98. The van der Waals surface area contributed by atoms with Crippen LogP contribution < -0.4 is 0 Å². The van der Waals surface area contributed by atoms with E-state index in [1.807, 2.05) is 13.8 Å². The molecule has 0 fully saturated rings. The summed E-state index contributed by atoms with van der Waals surface area (Å²) in [4.78, 5) is 11.2. The van der Waals surface area contributed by atoms with Gasteiger partial charge in [-0.05, 0) is 100 Å². The molecule has 0 aliphatic carbocycles. The van der Waals surface area contributed by atoms with Gasteiger partial charge < -0.3 is 0 Å². The molecule has 0 spiro atoms. The highest BCUT2D eigenvalue weighted by Crippen LogP contribution is 2.46. The summed E-state index contributed by atoms with van der Waals surface area (Å²) in [7, 11) is 0. The zero-order valence-corrected chi connectivity index (χ0v) is 33.4. The lowest BCUT2D eigenvalue weighted by Gasteiger charge is -2.20. The summed E-state index contributed by atoms with van der Waals surface area (Å²) in [5.41, 5.74) is 15.5. The van der Waals surface area contributed by atoms with E-state index < -0.39 is 0 Å². The van der Waals surface area contributed by atoms with Crippen molar-refractivity contribution < 1.29 is 0 Å². The average molecular weight is 736 g/mol. The van der Waals surface area contributed by atoms with E-state index in [0.717, 1.165) is 45.1 Å². The monoisotopic (exact) mass is 735 g/mol. The summed E-state index contributed by atoms with van der Waals surface area (Å²) in [6, 6.07) is 58.9. The van der Waals surface area contributed by atoms with Crippen LogP contribution in [0.2, 0.25) is 0 Å². The van der Waals surface area contributed by atoms with Crippen LogP contribution in [-0.2, 0) is 0 Å². The van der Waals surface area contributed by atoms with Gasteiger partial charge in [-0.25, -0.2) is 9.97 Å². The molecule has 0 saturated heterocycles. The van der Waals surface area contributed by atoms with Gasteiger partial charge >= 0.3 is 0 Å². The summed E-state index contributed by atoms with van der Waals surface area (Å²) in [6.07, 6.45) is 0. The molecule has 57 heavy (non-hydrogen) atoms. The minimum absolute atomic E-state index is 0.827. The molecule has 3 heteroatoms. The third-order valence-electron chi connectivity index (χ3n) is 11.4. The van der Waals surface area contributed by atoms with Gasteiger partial charge in [0.1, 0.15) is 5.69 Å². The van der Waals surface area contributed by atoms with Crippen LogP contribution in [0, 0.1) is 27.7 Å². The Morgan fingerprint density at radius 3 is 1.75 bits per heavy atom. The van der Waals surface area contributed by atoms with Crippen LogP contribution in [0.25, 0.3) is 93.9 Å². The number of aryl methyl sites for hydroxylation is 4. The van der Waals surface area contributed by atoms with Gasteiger partial charge in [0.25, 0.3) is 0 Å². The smallest absolute Gasteiger partial charge is 0.164 e. The SMILES string of the molecule is CC.Cc1ccccc1-c1nc(-c2ccc(-c3ccccc3)cc2)c(-n2c3ccccc3c3c4ccccc4c(-c4cc5ccccc5cc4C)c(C)c32)nc1C. The average Bonchev–Trinajstić information content (AvgIpc) is 3.61. The van der Waals surface area contributed by atoms with Crippen LogP contribution in [0.5, 0.6) is 0 Å². The quantitative estimate of drug-likeness (QED) is 0.176. The first kappa shape index (κ1) is 35.8.